The van der Waals surface area contributed by atoms with E-state index in [2.05, 4.69) is 6.92 Å². The SMILES string of the molecule is CC(N)C1CCCCC1C1CCCO1. The van der Waals surface area contributed by atoms with Crippen molar-refractivity contribution in [2.75, 3.05) is 6.61 Å². The maximum Gasteiger partial charge on any atom is 0.0607 e. The highest BCUT2D eigenvalue weighted by Crippen LogP contribution is 2.38. The van der Waals surface area contributed by atoms with E-state index in [-0.39, 0.29) is 0 Å². The Bertz CT molecular complexity index is 175. The van der Waals surface area contributed by atoms with Crippen LogP contribution in [0.25, 0.3) is 0 Å². The molecule has 0 bridgehead atoms. The maximum atomic E-state index is 6.07. The highest BCUT2D eigenvalue weighted by Gasteiger charge is 2.35. The molecule has 0 aromatic heterocycles. The van der Waals surface area contributed by atoms with Crippen molar-refractivity contribution >= 4 is 0 Å². The van der Waals surface area contributed by atoms with Crippen molar-refractivity contribution < 1.29 is 4.74 Å². The lowest BCUT2D eigenvalue weighted by atomic mass is 9.73. The van der Waals surface area contributed by atoms with Crippen LogP contribution in [0.5, 0.6) is 0 Å². The zero-order valence-electron chi connectivity index (χ0n) is 9.24. The Hall–Kier alpha value is -0.0800. The van der Waals surface area contributed by atoms with Gasteiger partial charge in [0.25, 0.3) is 0 Å². The van der Waals surface area contributed by atoms with Gasteiger partial charge in [0.15, 0.2) is 0 Å². The number of ether oxygens (including phenoxy) is 1. The van der Waals surface area contributed by atoms with Crippen LogP contribution in [0.4, 0.5) is 0 Å². The van der Waals surface area contributed by atoms with Gasteiger partial charge in [0.1, 0.15) is 0 Å². The van der Waals surface area contributed by atoms with Gasteiger partial charge in [-0.05, 0) is 44.4 Å². The zero-order chi connectivity index (χ0) is 9.97. The van der Waals surface area contributed by atoms with Gasteiger partial charge in [0.05, 0.1) is 6.10 Å². The molecule has 1 aliphatic carbocycles. The van der Waals surface area contributed by atoms with E-state index in [1.54, 1.807) is 0 Å². The molecule has 0 radical (unpaired) electrons. The zero-order valence-corrected chi connectivity index (χ0v) is 9.24. The van der Waals surface area contributed by atoms with Gasteiger partial charge in [-0.2, -0.15) is 0 Å². The Morgan fingerprint density at radius 3 is 2.57 bits per heavy atom. The van der Waals surface area contributed by atoms with Crippen molar-refractivity contribution in [2.45, 2.75) is 57.6 Å². The molecule has 2 rings (SSSR count). The summed E-state index contributed by atoms with van der Waals surface area (Å²) < 4.78 is 5.82. The lowest BCUT2D eigenvalue weighted by molar-refractivity contribution is 0.0148. The molecule has 0 aromatic rings. The predicted molar refractivity (Wildman–Crippen MR) is 58.1 cm³/mol. The van der Waals surface area contributed by atoms with E-state index in [9.17, 15) is 0 Å². The number of nitrogens with two attached hydrogens (primary N) is 1. The van der Waals surface area contributed by atoms with Crippen LogP contribution in [-0.4, -0.2) is 18.8 Å². The number of hydrogen-bond acceptors (Lipinski definition) is 2. The molecule has 2 aliphatic rings. The summed E-state index contributed by atoms with van der Waals surface area (Å²) in [5.74, 6) is 1.47. The van der Waals surface area contributed by atoms with Crippen LogP contribution in [0, 0.1) is 11.8 Å². The van der Waals surface area contributed by atoms with Gasteiger partial charge >= 0.3 is 0 Å². The van der Waals surface area contributed by atoms with Crippen LogP contribution in [0.1, 0.15) is 45.4 Å². The second-order valence-electron chi connectivity index (χ2n) is 5.02. The molecule has 1 saturated heterocycles. The molecular weight excluding hydrogens is 174 g/mol. The molecule has 2 fully saturated rings. The van der Waals surface area contributed by atoms with Crippen LogP contribution in [0.15, 0.2) is 0 Å². The number of hydrogen-bond donors (Lipinski definition) is 1. The third-order valence-corrected chi connectivity index (χ3v) is 3.99. The minimum absolute atomic E-state index is 0.351. The van der Waals surface area contributed by atoms with E-state index in [0.717, 1.165) is 12.5 Å². The van der Waals surface area contributed by atoms with E-state index >= 15 is 0 Å². The van der Waals surface area contributed by atoms with Gasteiger partial charge in [-0.1, -0.05) is 12.8 Å². The molecule has 4 atom stereocenters. The predicted octanol–water partition coefficient (Wildman–Crippen LogP) is 2.32. The fourth-order valence-corrected chi connectivity index (χ4v) is 3.24. The standard InChI is InChI=1S/C12H23NO/c1-9(13)10-5-2-3-6-11(10)12-7-4-8-14-12/h9-12H,2-8,13H2,1H3. The summed E-state index contributed by atoms with van der Waals surface area (Å²) in [4.78, 5) is 0. The van der Waals surface area contributed by atoms with Crippen molar-refractivity contribution in [1.82, 2.24) is 0 Å². The quantitative estimate of drug-likeness (QED) is 0.737. The van der Waals surface area contributed by atoms with Gasteiger partial charge in [0, 0.05) is 12.6 Å². The molecule has 1 heterocycles. The summed E-state index contributed by atoms with van der Waals surface area (Å²) in [7, 11) is 0. The van der Waals surface area contributed by atoms with Crippen LogP contribution < -0.4 is 5.73 Å². The molecule has 2 heteroatoms. The van der Waals surface area contributed by atoms with Crippen molar-refractivity contribution in [1.29, 1.82) is 0 Å². The summed E-state index contributed by atoms with van der Waals surface area (Å²) in [6.07, 6.45) is 8.48. The molecule has 14 heavy (non-hydrogen) atoms. The first kappa shape index (κ1) is 10.4. The largest absolute Gasteiger partial charge is 0.378 e. The monoisotopic (exact) mass is 197 g/mol. The Balaban J connectivity index is 1.98. The molecule has 2 nitrogen and oxygen atoms in total. The molecule has 0 aromatic carbocycles. The van der Waals surface area contributed by atoms with Gasteiger partial charge < -0.3 is 10.5 Å². The van der Waals surface area contributed by atoms with Crippen molar-refractivity contribution in [3.63, 3.8) is 0 Å². The number of rotatable bonds is 2. The Labute approximate surface area is 87.2 Å². The van der Waals surface area contributed by atoms with E-state index in [4.69, 9.17) is 10.5 Å². The fourth-order valence-electron chi connectivity index (χ4n) is 3.24. The van der Waals surface area contributed by atoms with Crippen LogP contribution >= 0.6 is 0 Å². The lowest BCUT2D eigenvalue weighted by Crippen LogP contribution is -2.40. The highest BCUT2D eigenvalue weighted by atomic mass is 16.5. The average molecular weight is 197 g/mol. The van der Waals surface area contributed by atoms with Gasteiger partial charge in [-0.3, -0.25) is 0 Å². The molecule has 1 saturated carbocycles. The molecule has 0 amide bonds. The van der Waals surface area contributed by atoms with Crippen LogP contribution in [-0.2, 0) is 4.74 Å². The van der Waals surface area contributed by atoms with Crippen molar-refractivity contribution in [3.8, 4) is 0 Å². The Morgan fingerprint density at radius 2 is 1.93 bits per heavy atom. The third-order valence-electron chi connectivity index (χ3n) is 3.99. The molecular formula is C12H23NO. The van der Waals surface area contributed by atoms with E-state index in [1.807, 2.05) is 0 Å². The van der Waals surface area contributed by atoms with E-state index < -0.39 is 0 Å². The normalized spacial score (nSPS) is 41.1. The summed E-state index contributed by atoms with van der Waals surface area (Å²) in [6, 6.07) is 0.351. The maximum absolute atomic E-state index is 6.07. The third kappa shape index (κ3) is 2.12. The van der Waals surface area contributed by atoms with Crippen molar-refractivity contribution in [2.24, 2.45) is 17.6 Å². The Morgan fingerprint density at radius 1 is 1.14 bits per heavy atom. The second-order valence-corrected chi connectivity index (χ2v) is 5.02. The second kappa shape index (κ2) is 4.63. The molecule has 0 spiro atoms. The first-order valence-corrected chi connectivity index (χ1v) is 6.16. The lowest BCUT2D eigenvalue weighted by Gasteiger charge is -2.37. The van der Waals surface area contributed by atoms with Crippen LogP contribution in [0.2, 0.25) is 0 Å². The molecule has 82 valence electrons. The summed E-state index contributed by atoms with van der Waals surface area (Å²) in [5, 5.41) is 0. The smallest absolute Gasteiger partial charge is 0.0607 e. The minimum Gasteiger partial charge on any atom is -0.378 e. The van der Waals surface area contributed by atoms with Crippen LogP contribution in [0.3, 0.4) is 0 Å². The van der Waals surface area contributed by atoms with Gasteiger partial charge in [-0.25, -0.2) is 0 Å². The minimum atomic E-state index is 0.351. The average Bonchev–Trinajstić information content (AvgIpc) is 2.70. The van der Waals surface area contributed by atoms with Gasteiger partial charge in [-0.15, -0.1) is 0 Å². The summed E-state index contributed by atoms with van der Waals surface area (Å²) >= 11 is 0. The van der Waals surface area contributed by atoms with E-state index in [0.29, 0.717) is 18.1 Å². The first-order valence-electron chi connectivity index (χ1n) is 6.16. The van der Waals surface area contributed by atoms with Crippen molar-refractivity contribution in [3.05, 3.63) is 0 Å². The molecule has 1 aliphatic heterocycles. The highest BCUT2D eigenvalue weighted by molar-refractivity contribution is 4.87. The molecule has 2 N–H and O–H groups in total. The van der Waals surface area contributed by atoms with E-state index in [1.165, 1.54) is 38.5 Å². The summed E-state index contributed by atoms with van der Waals surface area (Å²) in [5.41, 5.74) is 6.07. The topological polar surface area (TPSA) is 35.2 Å². The Kier molecular flexibility index (Phi) is 3.45. The summed E-state index contributed by atoms with van der Waals surface area (Å²) in [6.45, 7) is 3.14. The molecule has 4 unspecified atom stereocenters. The first-order chi connectivity index (χ1) is 6.79. The fraction of sp³-hybridized carbons (Fsp3) is 1.00. The van der Waals surface area contributed by atoms with Gasteiger partial charge in [0.2, 0.25) is 0 Å².